The lowest BCUT2D eigenvalue weighted by molar-refractivity contribution is 0.621. The Labute approximate surface area is 92.1 Å². The largest absolute Gasteiger partial charge is 0.330 e. The summed E-state index contributed by atoms with van der Waals surface area (Å²) in [6.45, 7) is 0.592. The molecule has 2 aromatic rings. The predicted octanol–water partition coefficient (Wildman–Crippen LogP) is 0.693. The molecule has 16 heavy (non-hydrogen) atoms. The maximum absolute atomic E-state index is 13.0. The van der Waals surface area contributed by atoms with E-state index in [-0.39, 0.29) is 5.82 Å². The van der Waals surface area contributed by atoms with E-state index in [9.17, 15) is 4.39 Å². The van der Waals surface area contributed by atoms with Crippen molar-refractivity contribution in [2.75, 3.05) is 6.54 Å². The Morgan fingerprint density at radius 2 is 2.25 bits per heavy atom. The zero-order valence-corrected chi connectivity index (χ0v) is 8.67. The van der Waals surface area contributed by atoms with Crippen LogP contribution in [-0.4, -0.2) is 26.8 Å². The van der Waals surface area contributed by atoms with E-state index in [0.29, 0.717) is 24.5 Å². The molecule has 1 aromatic carbocycles. The van der Waals surface area contributed by atoms with Gasteiger partial charge in [0.25, 0.3) is 0 Å². The monoisotopic (exact) mass is 221 g/mol. The van der Waals surface area contributed by atoms with Crippen LogP contribution < -0.4 is 5.73 Å². The molecule has 2 rings (SSSR count). The number of hydrogen-bond donors (Lipinski definition) is 1. The molecule has 0 saturated heterocycles. The van der Waals surface area contributed by atoms with Crippen molar-refractivity contribution in [3.05, 3.63) is 35.9 Å². The first kappa shape index (κ1) is 10.7. The molecule has 5 nitrogen and oxygen atoms in total. The van der Waals surface area contributed by atoms with Crippen LogP contribution in [0.5, 0.6) is 0 Å². The van der Waals surface area contributed by atoms with Crippen LogP contribution in [0.4, 0.5) is 4.39 Å². The van der Waals surface area contributed by atoms with Gasteiger partial charge in [0.1, 0.15) is 5.82 Å². The van der Waals surface area contributed by atoms with Crippen LogP contribution in [0.3, 0.4) is 0 Å². The SMILES string of the molecule is NCCCc1nnn(-c2cccc(F)c2)n1. The Morgan fingerprint density at radius 1 is 1.38 bits per heavy atom. The van der Waals surface area contributed by atoms with Crippen LogP contribution in [0.25, 0.3) is 5.69 Å². The van der Waals surface area contributed by atoms with E-state index in [0.717, 1.165) is 6.42 Å². The molecule has 0 aliphatic heterocycles. The van der Waals surface area contributed by atoms with Crippen molar-refractivity contribution in [2.45, 2.75) is 12.8 Å². The molecular weight excluding hydrogens is 209 g/mol. The van der Waals surface area contributed by atoms with E-state index >= 15 is 0 Å². The fourth-order valence-corrected chi connectivity index (χ4v) is 1.31. The number of tetrazole rings is 1. The topological polar surface area (TPSA) is 69.6 Å². The summed E-state index contributed by atoms with van der Waals surface area (Å²) in [4.78, 5) is 1.31. The third kappa shape index (κ3) is 2.40. The first-order valence-electron chi connectivity index (χ1n) is 5.04. The summed E-state index contributed by atoms with van der Waals surface area (Å²) >= 11 is 0. The molecule has 0 fully saturated rings. The number of aryl methyl sites for hydroxylation is 1. The average molecular weight is 221 g/mol. The highest BCUT2D eigenvalue weighted by atomic mass is 19.1. The number of rotatable bonds is 4. The molecule has 0 aliphatic carbocycles. The van der Waals surface area contributed by atoms with Gasteiger partial charge in [-0.25, -0.2) is 4.39 Å². The van der Waals surface area contributed by atoms with Crippen molar-refractivity contribution in [1.82, 2.24) is 20.2 Å². The van der Waals surface area contributed by atoms with Gasteiger partial charge >= 0.3 is 0 Å². The Hall–Kier alpha value is -1.82. The zero-order valence-electron chi connectivity index (χ0n) is 8.67. The van der Waals surface area contributed by atoms with Crippen LogP contribution in [-0.2, 0) is 6.42 Å². The zero-order chi connectivity index (χ0) is 11.4. The van der Waals surface area contributed by atoms with E-state index in [4.69, 9.17) is 5.73 Å². The van der Waals surface area contributed by atoms with Gasteiger partial charge in [-0.3, -0.25) is 0 Å². The molecule has 0 spiro atoms. The van der Waals surface area contributed by atoms with Gasteiger partial charge in [-0.05, 0) is 30.3 Å². The highest BCUT2D eigenvalue weighted by Crippen LogP contribution is 2.06. The van der Waals surface area contributed by atoms with Gasteiger partial charge in [-0.15, -0.1) is 15.0 Å². The van der Waals surface area contributed by atoms with Crippen LogP contribution >= 0.6 is 0 Å². The lowest BCUT2D eigenvalue weighted by Crippen LogP contribution is -2.02. The molecule has 0 bridgehead atoms. The normalized spacial score (nSPS) is 10.6. The van der Waals surface area contributed by atoms with Gasteiger partial charge in [-0.1, -0.05) is 6.07 Å². The van der Waals surface area contributed by atoms with Crippen molar-refractivity contribution in [3.63, 3.8) is 0 Å². The highest BCUT2D eigenvalue weighted by Gasteiger charge is 2.04. The smallest absolute Gasteiger partial charge is 0.175 e. The number of nitrogens with zero attached hydrogens (tertiary/aromatic N) is 4. The molecule has 1 aromatic heterocycles. The van der Waals surface area contributed by atoms with Gasteiger partial charge in [0.05, 0.1) is 5.69 Å². The Balaban J connectivity index is 2.18. The number of hydrogen-bond acceptors (Lipinski definition) is 4. The van der Waals surface area contributed by atoms with Crippen LogP contribution in [0.2, 0.25) is 0 Å². The second kappa shape index (κ2) is 4.80. The number of aromatic nitrogens is 4. The van der Waals surface area contributed by atoms with Crippen LogP contribution in [0.1, 0.15) is 12.2 Å². The van der Waals surface area contributed by atoms with Gasteiger partial charge in [0, 0.05) is 12.5 Å². The molecule has 0 radical (unpaired) electrons. The molecule has 84 valence electrons. The molecule has 0 atom stereocenters. The van der Waals surface area contributed by atoms with Crippen molar-refractivity contribution in [1.29, 1.82) is 0 Å². The lowest BCUT2D eigenvalue weighted by Gasteiger charge is -1.97. The summed E-state index contributed by atoms with van der Waals surface area (Å²) in [7, 11) is 0. The van der Waals surface area contributed by atoms with E-state index in [1.807, 2.05) is 0 Å². The fourth-order valence-electron chi connectivity index (χ4n) is 1.31. The second-order valence-electron chi connectivity index (χ2n) is 3.37. The maximum Gasteiger partial charge on any atom is 0.175 e. The molecule has 0 aliphatic rings. The van der Waals surface area contributed by atoms with Crippen molar-refractivity contribution >= 4 is 0 Å². The first-order valence-corrected chi connectivity index (χ1v) is 5.04. The molecular formula is C10H12FN5. The van der Waals surface area contributed by atoms with Gasteiger partial charge in [-0.2, -0.15) is 0 Å². The summed E-state index contributed by atoms with van der Waals surface area (Å²) in [5.74, 6) is 0.299. The lowest BCUT2D eigenvalue weighted by atomic mass is 10.3. The second-order valence-corrected chi connectivity index (χ2v) is 3.37. The fraction of sp³-hybridized carbons (Fsp3) is 0.300. The van der Waals surface area contributed by atoms with Crippen molar-refractivity contribution in [3.8, 4) is 5.69 Å². The average Bonchev–Trinajstić information content (AvgIpc) is 2.75. The standard InChI is InChI=1S/C10H12FN5/c11-8-3-1-4-9(7-8)16-14-10(13-15-16)5-2-6-12/h1,3-4,7H,2,5-6,12H2. The summed E-state index contributed by atoms with van der Waals surface area (Å²) < 4.78 is 13.0. The summed E-state index contributed by atoms with van der Waals surface area (Å²) in [5.41, 5.74) is 5.94. The Kier molecular flexibility index (Phi) is 3.21. The van der Waals surface area contributed by atoms with Gasteiger partial charge in [0.2, 0.25) is 0 Å². The maximum atomic E-state index is 13.0. The molecule has 0 unspecified atom stereocenters. The summed E-state index contributed by atoms with van der Waals surface area (Å²) in [6, 6.07) is 6.05. The Bertz CT molecular complexity index is 468. The third-order valence-corrected chi connectivity index (χ3v) is 2.10. The van der Waals surface area contributed by atoms with Crippen LogP contribution in [0, 0.1) is 5.82 Å². The van der Waals surface area contributed by atoms with Gasteiger partial charge < -0.3 is 5.73 Å². The highest BCUT2D eigenvalue weighted by molar-refractivity contribution is 5.29. The van der Waals surface area contributed by atoms with E-state index in [1.54, 1.807) is 12.1 Å². The minimum atomic E-state index is -0.321. The van der Waals surface area contributed by atoms with Crippen molar-refractivity contribution in [2.24, 2.45) is 5.73 Å². The summed E-state index contributed by atoms with van der Waals surface area (Å²) in [5, 5.41) is 11.8. The number of nitrogens with two attached hydrogens (primary N) is 1. The minimum Gasteiger partial charge on any atom is -0.330 e. The molecule has 1 heterocycles. The number of halogens is 1. The molecule has 0 saturated carbocycles. The molecule has 2 N–H and O–H groups in total. The van der Waals surface area contributed by atoms with Crippen LogP contribution in [0.15, 0.2) is 24.3 Å². The quantitative estimate of drug-likeness (QED) is 0.824. The summed E-state index contributed by atoms with van der Waals surface area (Å²) in [6.07, 6.45) is 1.50. The molecule has 6 heteroatoms. The third-order valence-electron chi connectivity index (χ3n) is 2.10. The minimum absolute atomic E-state index is 0.321. The molecule has 0 amide bonds. The van der Waals surface area contributed by atoms with Crippen molar-refractivity contribution < 1.29 is 4.39 Å². The Morgan fingerprint density at radius 3 is 3.00 bits per heavy atom. The first-order chi connectivity index (χ1) is 7.79. The van der Waals surface area contributed by atoms with E-state index in [1.165, 1.54) is 16.9 Å². The van der Waals surface area contributed by atoms with E-state index in [2.05, 4.69) is 15.4 Å². The van der Waals surface area contributed by atoms with Gasteiger partial charge in [0.15, 0.2) is 5.82 Å². The van der Waals surface area contributed by atoms with E-state index < -0.39 is 0 Å². The predicted molar refractivity (Wildman–Crippen MR) is 56.5 cm³/mol. The number of benzene rings is 1.